The van der Waals surface area contributed by atoms with Gasteiger partial charge in [0.05, 0.1) is 5.69 Å². The Balaban J connectivity index is 1.67. The van der Waals surface area contributed by atoms with Crippen LogP contribution in [0.15, 0.2) is 59.8 Å². The number of phenolic OH excluding ortho intramolecular Hbond substituents is 1. The molecule has 2 aromatic carbocycles. The van der Waals surface area contributed by atoms with Crippen LogP contribution in [0.1, 0.15) is 10.4 Å². The second-order valence-corrected chi connectivity index (χ2v) is 5.70. The van der Waals surface area contributed by atoms with E-state index in [1.807, 2.05) is 0 Å². The number of imide groups is 1. The van der Waals surface area contributed by atoms with Gasteiger partial charge in [-0.25, -0.2) is 4.90 Å². The molecule has 0 aliphatic carbocycles. The van der Waals surface area contributed by atoms with Crippen molar-refractivity contribution in [2.45, 2.75) is 6.10 Å². The first kappa shape index (κ1) is 15.1. The zero-order chi connectivity index (χ0) is 17.6. The van der Waals surface area contributed by atoms with E-state index in [1.165, 1.54) is 24.3 Å². The number of hydrogen-bond donors (Lipinski definition) is 1. The Bertz CT molecular complexity index is 905. The van der Waals surface area contributed by atoms with Crippen LogP contribution in [-0.2, 0) is 14.4 Å². The fourth-order valence-electron chi connectivity index (χ4n) is 2.96. The SMILES string of the molecule is O=C(C1=NO[C@H]2C(=O)N(c3ccc(O)cc3)C(=O)[C@H]12)c1ccccc1. The number of oxime groups is 1. The fraction of sp³-hybridized carbons (Fsp3) is 0.111. The second kappa shape index (κ2) is 5.55. The van der Waals surface area contributed by atoms with Crippen LogP contribution >= 0.6 is 0 Å². The first-order valence-corrected chi connectivity index (χ1v) is 7.58. The summed E-state index contributed by atoms with van der Waals surface area (Å²) in [4.78, 5) is 43.9. The Morgan fingerprint density at radius 3 is 2.36 bits per heavy atom. The number of benzene rings is 2. The normalized spacial score (nSPS) is 21.8. The number of amides is 2. The number of rotatable bonds is 3. The summed E-state index contributed by atoms with van der Waals surface area (Å²) in [6, 6.07) is 14.0. The van der Waals surface area contributed by atoms with Gasteiger partial charge < -0.3 is 9.94 Å². The van der Waals surface area contributed by atoms with E-state index in [9.17, 15) is 19.5 Å². The minimum absolute atomic E-state index is 0.0146. The van der Waals surface area contributed by atoms with E-state index in [0.717, 1.165) is 4.90 Å². The summed E-state index contributed by atoms with van der Waals surface area (Å²) in [5.41, 5.74) is 0.599. The van der Waals surface area contributed by atoms with E-state index in [1.54, 1.807) is 30.3 Å². The average Bonchev–Trinajstić information content (AvgIpc) is 3.17. The van der Waals surface area contributed by atoms with Crippen LogP contribution < -0.4 is 4.90 Å². The summed E-state index contributed by atoms with van der Waals surface area (Å²) < 4.78 is 0. The van der Waals surface area contributed by atoms with Crippen LogP contribution in [-0.4, -0.2) is 34.5 Å². The van der Waals surface area contributed by atoms with Gasteiger partial charge in [-0.05, 0) is 24.3 Å². The molecule has 0 unspecified atom stereocenters. The van der Waals surface area contributed by atoms with E-state index in [2.05, 4.69) is 5.16 Å². The fourth-order valence-corrected chi connectivity index (χ4v) is 2.96. The molecule has 0 spiro atoms. The molecule has 2 heterocycles. The van der Waals surface area contributed by atoms with Crippen molar-refractivity contribution in [2.75, 3.05) is 4.90 Å². The van der Waals surface area contributed by atoms with Crippen molar-refractivity contribution in [3.63, 3.8) is 0 Å². The number of anilines is 1. The molecule has 4 rings (SSSR count). The largest absolute Gasteiger partial charge is 0.508 e. The predicted octanol–water partition coefficient (Wildman–Crippen LogP) is 1.52. The molecule has 0 radical (unpaired) electrons. The first-order chi connectivity index (χ1) is 12.1. The van der Waals surface area contributed by atoms with Crippen molar-refractivity contribution in [1.29, 1.82) is 0 Å². The number of hydrogen-bond acceptors (Lipinski definition) is 6. The van der Waals surface area contributed by atoms with Gasteiger partial charge >= 0.3 is 0 Å². The molecule has 2 amide bonds. The average molecular weight is 336 g/mol. The molecule has 0 saturated carbocycles. The zero-order valence-electron chi connectivity index (χ0n) is 12.8. The van der Waals surface area contributed by atoms with Gasteiger partial charge in [0.1, 0.15) is 17.4 Å². The van der Waals surface area contributed by atoms with Crippen molar-refractivity contribution in [3.8, 4) is 5.75 Å². The number of fused-ring (bicyclic) bond motifs is 1. The zero-order valence-corrected chi connectivity index (χ0v) is 12.8. The van der Waals surface area contributed by atoms with Crippen molar-refractivity contribution >= 4 is 29.0 Å². The molecule has 2 aromatic rings. The Kier molecular flexibility index (Phi) is 3.35. The van der Waals surface area contributed by atoms with Gasteiger partial charge in [-0.1, -0.05) is 35.5 Å². The molecule has 1 fully saturated rings. The number of carbonyl (C=O) groups is 3. The maximum Gasteiger partial charge on any atom is 0.278 e. The Morgan fingerprint density at radius 1 is 1.00 bits per heavy atom. The molecule has 0 bridgehead atoms. The van der Waals surface area contributed by atoms with Crippen molar-refractivity contribution in [1.82, 2.24) is 0 Å². The standard InChI is InChI=1S/C18H12N2O5/c21-12-8-6-11(7-9-12)20-17(23)13-14(19-25-16(13)18(20)24)15(22)10-4-2-1-3-5-10/h1-9,13,16,21H/t13-,16-/m1/s1. The number of Topliss-reactive ketones (excluding diaryl/α,β-unsaturated/α-hetero) is 1. The molecular weight excluding hydrogens is 324 g/mol. The van der Waals surface area contributed by atoms with Crippen LogP contribution in [0.2, 0.25) is 0 Å². The van der Waals surface area contributed by atoms with Crippen LogP contribution in [0.4, 0.5) is 5.69 Å². The van der Waals surface area contributed by atoms with E-state index in [0.29, 0.717) is 11.3 Å². The summed E-state index contributed by atoms with van der Waals surface area (Å²) in [5.74, 6) is -2.64. The van der Waals surface area contributed by atoms with Gasteiger partial charge in [-0.3, -0.25) is 14.4 Å². The lowest BCUT2D eigenvalue weighted by Crippen LogP contribution is -2.34. The van der Waals surface area contributed by atoms with Gasteiger partial charge in [0.15, 0.2) is 0 Å². The molecule has 1 N–H and O–H groups in total. The lowest BCUT2D eigenvalue weighted by atomic mass is 9.93. The van der Waals surface area contributed by atoms with Crippen LogP contribution in [0.5, 0.6) is 5.75 Å². The molecule has 7 nitrogen and oxygen atoms in total. The Hall–Kier alpha value is -3.48. The minimum atomic E-state index is -1.14. The molecule has 0 aromatic heterocycles. The third-order valence-electron chi connectivity index (χ3n) is 4.19. The maximum atomic E-state index is 12.8. The molecule has 1 saturated heterocycles. The highest BCUT2D eigenvalue weighted by molar-refractivity contribution is 6.52. The number of aromatic hydroxyl groups is 1. The van der Waals surface area contributed by atoms with Crippen LogP contribution in [0.3, 0.4) is 0 Å². The molecule has 25 heavy (non-hydrogen) atoms. The van der Waals surface area contributed by atoms with E-state index in [-0.39, 0.29) is 11.5 Å². The predicted molar refractivity (Wildman–Crippen MR) is 87.2 cm³/mol. The number of carbonyl (C=O) groups excluding carboxylic acids is 3. The van der Waals surface area contributed by atoms with Crippen molar-refractivity contribution in [2.24, 2.45) is 11.1 Å². The maximum absolute atomic E-state index is 12.8. The summed E-state index contributed by atoms with van der Waals surface area (Å²) in [6.07, 6.45) is -1.14. The molecule has 2 atom stereocenters. The number of ketones is 1. The molecular formula is C18H12N2O5. The highest BCUT2D eigenvalue weighted by Crippen LogP contribution is 2.34. The first-order valence-electron chi connectivity index (χ1n) is 7.58. The Labute approximate surface area is 142 Å². The molecule has 2 aliphatic heterocycles. The van der Waals surface area contributed by atoms with Gasteiger partial charge in [-0.15, -0.1) is 0 Å². The third kappa shape index (κ3) is 2.28. The summed E-state index contributed by atoms with van der Waals surface area (Å²) >= 11 is 0. The topological polar surface area (TPSA) is 96.3 Å². The third-order valence-corrected chi connectivity index (χ3v) is 4.19. The van der Waals surface area contributed by atoms with E-state index in [4.69, 9.17) is 4.84 Å². The van der Waals surface area contributed by atoms with Gasteiger partial charge in [-0.2, -0.15) is 0 Å². The summed E-state index contributed by atoms with van der Waals surface area (Å²) in [6.45, 7) is 0. The molecule has 124 valence electrons. The van der Waals surface area contributed by atoms with Crippen molar-refractivity contribution in [3.05, 3.63) is 60.2 Å². The quantitative estimate of drug-likeness (QED) is 0.677. The van der Waals surface area contributed by atoms with E-state index >= 15 is 0 Å². The number of phenols is 1. The lowest BCUT2D eigenvalue weighted by Gasteiger charge is -2.15. The van der Waals surface area contributed by atoms with Gasteiger partial charge in [0.2, 0.25) is 17.8 Å². The minimum Gasteiger partial charge on any atom is -0.508 e. The second-order valence-electron chi connectivity index (χ2n) is 5.70. The molecule has 2 aliphatic rings. The van der Waals surface area contributed by atoms with Gasteiger partial charge in [0.25, 0.3) is 5.91 Å². The van der Waals surface area contributed by atoms with Crippen LogP contribution in [0, 0.1) is 5.92 Å². The number of nitrogens with zero attached hydrogens (tertiary/aromatic N) is 2. The monoisotopic (exact) mass is 336 g/mol. The van der Waals surface area contributed by atoms with Crippen LogP contribution in [0.25, 0.3) is 0 Å². The van der Waals surface area contributed by atoms with Crippen molar-refractivity contribution < 1.29 is 24.3 Å². The Morgan fingerprint density at radius 2 is 1.68 bits per heavy atom. The van der Waals surface area contributed by atoms with E-state index < -0.39 is 29.6 Å². The summed E-state index contributed by atoms with van der Waals surface area (Å²) in [7, 11) is 0. The smallest absolute Gasteiger partial charge is 0.278 e. The highest BCUT2D eigenvalue weighted by atomic mass is 16.7. The van der Waals surface area contributed by atoms with Gasteiger partial charge in [0, 0.05) is 5.56 Å². The lowest BCUT2D eigenvalue weighted by molar-refractivity contribution is -0.126. The summed E-state index contributed by atoms with van der Waals surface area (Å²) in [5, 5.41) is 13.1. The molecule has 7 heteroatoms. The highest BCUT2D eigenvalue weighted by Gasteiger charge is 2.57.